The molecule has 0 saturated carbocycles. The van der Waals surface area contributed by atoms with Gasteiger partial charge in [0.05, 0.1) is 0 Å². The van der Waals surface area contributed by atoms with E-state index in [1.54, 1.807) is 13.8 Å². The van der Waals surface area contributed by atoms with Crippen LogP contribution in [-0.2, 0) is 19.2 Å². The second-order valence-corrected chi connectivity index (χ2v) is 8.25. The molecule has 5 N–H and O–H groups in total. The zero-order valence-electron chi connectivity index (χ0n) is 13.4. The first kappa shape index (κ1) is 18.5. The maximum absolute atomic E-state index is 12.2. The maximum Gasteiger partial charge on any atom is 0.327 e. The van der Waals surface area contributed by atoms with Crippen LogP contribution in [0.4, 0.5) is 0 Å². The van der Waals surface area contributed by atoms with Gasteiger partial charge in [-0.15, -0.1) is 11.8 Å². The van der Waals surface area contributed by atoms with Crippen LogP contribution in [0.25, 0.3) is 0 Å². The Hall–Kier alpha value is -1.81. The second-order valence-electron chi connectivity index (χ2n) is 6.48. The quantitative estimate of drug-likeness (QED) is 0.431. The Morgan fingerprint density at radius 1 is 1.38 bits per heavy atom. The van der Waals surface area contributed by atoms with E-state index in [0.717, 1.165) is 0 Å². The number of nitrogens with one attached hydrogen (secondary N) is 1. The van der Waals surface area contributed by atoms with Gasteiger partial charge < -0.3 is 26.2 Å². The van der Waals surface area contributed by atoms with E-state index >= 15 is 0 Å². The Morgan fingerprint density at radius 2 is 2.00 bits per heavy atom. The number of carboxylic acids is 2. The topological polar surface area (TPSA) is 150 Å². The molecule has 2 rings (SSSR count). The molecule has 9 nitrogen and oxygen atoms in total. The van der Waals surface area contributed by atoms with Crippen LogP contribution in [0, 0.1) is 0 Å². The standard InChI is InChI=1S/C14H21N3O6S/c1-14(2)9(13(22)23)17-10(19)8(11(17)24-14)16-7(18)5-3-4-6(15)12(20)21/h6,8-9,11H,3-5,15H2,1-2H3,(H,16,18)(H,20,21)(H,22,23)/t6-,8?,9-,11+/m0/s1. The van der Waals surface area contributed by atoms with Crippen molar-refractivity contribution in [2.45, 2.75) is 61.4 Å². The fraction of sp³-hybridized carbons (Fsp3) is 0.714. The van der Waals surface area contributed by atoms with Crippen molar-refractivity contribution in [2.75, 3.05) is 0 Å². The molecule has 0 aromatic rings. The molecular formula is C14H21N3O6S. The highest BCUT2D eigenvalue weighted by molar-refractivity contribution is 8.01. The van der Waals surface area contributed by atoms with Crippen molar-refractivity contribution in [3.05, 3.63) is 0 Å². The number of rotatable bonds is 7. The summed E-state index contributed by atoms with van der Waals surface area (Å²) in [6.45, 7) is 3.52. The molecule has 2 aliphatic heterocycles. The molecular weight excluding hydrogens is 338 g/mol. The van der Waals surface area contributed by atoms with E-state index in [0.29, 0.717) is 6.42 Å². The average molecular weight is 359 g/mol. The van der Waals surface area contributed by atoms with Gasteiger partial charge in [0.25, 0.3) is 0 Å². The van der Waals surface area contributed by atoms with E-state index in [-0.39, 0.29) is 24.1 Å². The van der Waals surface area contributed by atoms with Crippen molar-refractivity contribution in [3.8, 4) is 0 Å². The first-order valence-electron chi connectivity index (χ1n) is 7.57. The van der Waals surface area contributed by atoms with E-state index in [4.69, 9.17) is 10.8 Å². The molecule has 2 saturated heterocycles. The van der Waals surface area contributed by atoms with Gasteiger partial charge in [0.1, 0.15) is 23.5 Å². The van der Waals surface area contributed by atoms with Crippen LogP contribution in [0.15, 0.2) is 0 Å². The van der Waals surface area contributed by atoms with Crippen LogP contribution in [0.5, 0.6) is 0 Å². The van der Waals surface area contributed by atoms with E-state index < -0.39 is 40.7 Å². The molecule has 2 heterocycles. The van der Waals surface area contributed by atoms with Gasteiger partial charge in [-0.05, 0) is 26.7 Å². The third kappa shape index (κ3) is 3.34. The first-order valence-corrected chi connectivity index (χ1v) is 8.45. The summed E-state index contributed by atoms with van der Waals surface area (Å²) in [5, 5.41) is 20.2. The number of nitrogens with zero attached hydrogens (tertiary/aromatic N) is 1. The van der Waals surface area contributed by atoms with Crippen molar-refractivity contribution in [3.63, 3.8) is 0 Å². The summed E-state index contributed by atoms with van der Waals surface area (Å²) in [6, 6.07) is -2.66. The monoisotopic (exact) mass is 359 g/mol. The predicted molar refractivity (Wildman–Crippen MR) is 85.1 cm³/mol. The molecule has 0 radical (unpaired) electrons. The minimum absolute atomic E-state index is 0.0634. The maximum atomic E-state index is 12.2. The van der Waals surface area contributed by atoms with E-state index in [9.17, 15) is 24.3 Å². The second kappa shape index (κ2) is 6.60. The van der Waals surface area contributed by atoms with Crippen molar-refractivity contribution in [1.29, 1.82) is 0 Å². The zero-order chi connectivity index (χ0) is 18.2. The van der Waals surface area contributed by atoms with Crippen LogP contribution < -0.4 is 11.1 Å². The number of hydrogen-bond donors (Lipinski definition) is 4. The van der Waals surface area contributed by atoms with Crippen LogP contribution in [-0.4, -0.2) is 67.1 Å². The largest absolute Gasteiger partial charge is 0.480 e. The van der Waals surface area contributed by atoms with Crippen LogP contribution in [0.2, 0.25) is 0 Å². The smallest absolute Gasteiger partial charge is 0.327 e. The summed E-state index contributed by atoms with van der Waals surface area (Å²) in [4.78, 5) is 47.4. The minimum Gasteiger partial charge on any atom is -0.480 e. The van der Waals surface area contributed by atoms with Gasteiger partial charge in [-0.25, -0.2) is 4.79 Å². The fourth-order valence-corrected chi connectivity index (χ4v) is 4.62. The molecule has 0 aliphatic carbocycles. The van der Waals surface area contributed by atoms with Gasteiger partial charge in [0.15, 0.2) is 0 Å². The molecule has 4 atom stereocenters. The normalized spacial score (nSPS) is 28.7. The number of carbonyl (C=O) groups is 4. The van der Waals surface area contributed by atoms with Crippen molar-refractivity contribution in [2.24, 2.45) is 5.73 Å². The Balaban J connectivity index is 1.87. The molecule has 0 bridgehead atoms. The molecule has 2 aliphatic rings. The molecule has 2 amide bonds. The lowest BCUT2D eigenvalue weighted by atomic mass is 9.96. The van der Waals surface area contributed by atoms with Gasteiger partial charge in [-0.2, -0.15) is 0 Å². The van der Waals surface area contributed by atoms with Crippen LogP contribution >= 0.6 is 11.8 Å². The number of hydrogen-bond acceptors (Lipinski definition) is 6. The van der Waals surface area contributed by atoms with E-state index in [2.05, 4.69) is 5.32 Å². The van der Waals surface area contributed by atoms with E-state index in [1.165, 1.54) is 16.7 Å². The number of β-lactam (4-membered cyclic amide) rings is 1. The van der Waals surface area contributed by atoms with Gasteiger partial charge in [-0.1, -0.05) is 0 Å². The molecule has 0 spiro atoms. The summed E-state index contributed by atoms with van der Waals surface area (Å²) >= 11 is 1.35. The van der Waals surface area contributed by atoms with Crippen molar-refractivity contribution < 1.29 is 29.4 Å². The first-order chi connectivity index (χ1) is 11.1. The Labute approximate surface area is 142 Å². The summed E-state index contributed by atoms with van der Waals surface area (Å²) < 4.78 is -0.639. The number of carbonyl (C=O) groups excluding carboxylic acids is 2. The highest BCUT2D eigenvalue weighted by atomic mass is 32.2. The molecule has 1 unspecified atom stereocenters. The van der Waals surface area contributed by atoms with Crippen LogP contribution in [0.1, 0.15) is 33.1 Å². The number of amides is 2. The lowest BCUT2D eigenvalue weighted by Crippen LogP contribution is -2.70. The SMILES string of the molecule is CC1(C)S[C@@H]2C(NC(=O)CCC[C@H](N)C(=O)O)C(=O)N2[C@H]1C(=O)O. The Bertz CT molecular complexity index is 581. The number of thioether (sulfide) groups is 1. The minimum atomic E-state index is -1.12. The third-order valence-electron chi connectivity index (χ3n) is 4.23. The summed E-state index contributed by atoms with van der Waals surface area (Å²) in [7, 11) is 0. The molecule has 0 aromatic heterocycles. The number of fused-ring (bicyclic) bond motifs is 1. The lowest BCUT2D eigenvalue weighted by molar-refractivity contribution is -0.161. The summed E-state index contributed by atoms with van der Waals surface area (Å²) in [5.41, 5.74) is 5.36. The Kier molecular flexibility index (Phi) is 5.09. The molecule has 0 aromatic carbocycles. The van der Waals surface area contributed by atoms with Gasteiger partial charge in [0.2, 0.25) is 11.8 Å². The number of nitrogens with two attached hydrogens (primary N) is 1. The number of carboxylic acid groups (broad SMARTS) is 2. The highest BCUT2D eigenvalue weighted by Gasteiger charge is 2.64. The van der Waals surface area contributed by atoms with Crippen molar-refractivity contribution in [1.82, 2.24) is 10.2 Å². The predicted octanol–water partition coefficient (Wildman–Crippen LogP) is -0.800. The highest BCUT2D eigenvalue weighted by Crippen LogP contribution is 2.50. The van der Waals surface area contributed by atoms with Gasteiger partial charge >= 0.3 is 11.9 Å². The molecule has 10 heteroatoms. The van der Waals surface area contributed by atoms with Gasteiger partial charge in [-0.3, -0.25) is 14.4 Å². The Morgan fingerprint density at radius 3 is 2.54 bits per heavy atom. The summed E-state index contributed by atoms with van der Waals surface area (Å²) in [5.74, 6) is -2.95. The average Bonchev–Trinajstić information content (AvgIpc) is 2.73. The fourth-order valence-electron chi connectivity index (χ4n) is 3.00. The number of aliphatic carboxylic acids is 2. The molecule has 2 fully saturated rings. The lowest BCUT2D eigenvalue weighted by Gasteiger charge is -2.43. The van der Waals surface area contributed by atoms with Gasteiger partial charge in [0, 0.05) is 11.2 Å². The molecule has 134 valence electrons. The summed E-state index contributed by atoms with van der Waals surface area (Å²) in [6.07, 6.45) is 0.526. The van der Waals surface area contributed by atoms with Crippen molar-refractivity contribution >= 4 is 35.5 Å². The third-order valence-corrected chi connectivity index (χ3v) is 5.80. The zero-order valence-corrected chi connectivity index (χ0v) is 14.2. The molecule has 24 heavy (non-hydrogen) atoms. The van der Waals surface area contributed by atoms with Crippen LogP contribution in [0.3, 0.4) is 0 Å². The van der Waals surface area contributed by atoms with E-state index in [1.807, 2.05) is 0 Å².